The Kier molecular flexibility index (Phi) is 5.50. The molecule has 0 aromatic heterocycles. The molecule has 1 saturated heterocycles. The third-order valence-corrected chi connectivity index (χ3v) is 6.78. The predicted molar refractivity (Wildman–Crippen MR) is 125 cm³/mol. The zero-order valence-corrected chi connectivity index (χ0v) is 18.4. The lowest BCUT2D eigenvalue weighted by Gasteiger charge is -2.45. The zero-order chi connectivity index (χ0) is 22.1. The van der Waals surface area contributed by atoms with E-state index in [0.717, 1.165) is 62.3 Å². The summed E-state index contributed by atoms with van der Waals surface area (Å²) >= 11 is 0. The van der Waals surface area contributed by atoms with Gasteiger partial charge in [0.15, 0.2) is 0 Å². The molecule has 9 heteroatoms. The van der Waals surface area contributed by atoms with Gasteiger partial charge in [-0.05, 0) is 56.4 Å². The molecule has 32 heavy (non-hydrogen) atoms. The summed E-state index contributed by atoms with van der Waals surface area (Å²) in [4.78, 5) is 28.2. The molecule has 2 fully saturated rings. The minimum atomic E-state index is -0.469. The van der Waals surface area contributed by atoms with Gasteiger partial charge >= 0.3 is 0 Å². The average Bonchev–Trinajstić information content (AvgIpc) is 2.80. The van der Waals surface area contributed by atoms with Crippen LogP contribution in [0, 0.1) is 0 Å². The van der Waals surface area contributed by atoms with Gasteiger partial charge in [0.1, 0.15) is 5.66 Å². The van der Waals surface area contributed by atoms with E-state index in [1.807, 2.05) is 34.1 Å². The summed E-state index contributed by atoms with van der Waals surface area (Å²) in [5.41, 5.74) is 14.4. The number of ether oxygens (including phenoxy) is 1. The largest absolute Gasteiger partial charge is 0.378 e. The van der Waals surface area contributed by atoms with Gasteiger partial charge in [-0.15, -0.1) is 0 Å². The van der Waals surface area contributed by atoms with E-state index < -0.39 is 5.66 Å². The van der Waals surface area contributed by atoms with Crippen LogP contribution in [0.5, 0.6) is 0 Å². The first-order chi connectivity index (χ1) is 15.6. The minimum Gasteiger partial charge on any atom is -0.378 e. The number of carbonyl (C=O) groups excluding carboxylic acids is 1. The minimum absolute atomic E-state index is 0.0473. The van der Waals surface area contributed by atoms with Gasteiger partial charge < -0.3 is 26.0 Å². The van der Waals surface area contributed by atoms with E-state index in [2.05, 4.69) is 16.0 Å². The number of amides is 1. The maximum absolute atomic E-state index is 13.2. The van der Waals surface area contributed by atoms with Crippen LogP contribution in [0.3, 0.4) is 0 Å². The van der Waals surface area contributed by atoms with Crippen LogP contribution in [0.15, 0.2) is 46.0 Å². The molecule has 170 valence electrons. The number of morpholine rings is 1. The Hall–Kier alpha value is -3.07. The van der Waals surface area contributed by atoms with Crippen LogP contribution in [0.25, 0.3) is 0 Å². The number of benzene rings is 1. The summed E-state index contributed by atoms with van der Waals surface area (Å²) in [6.45, 7) is 3.50. The first-order valence-electron chi connectivity index (χ1n) is 11.5. The van der Waals surface area contributed by atoms with Crippen molar-refractivity contribution in [2.24, 2.45) is 21.5 Å². The highest BCUT2D eigenvalue weighted by molar-refractivity contribution is 6.07. The summed E-state index contributed by atoms with van der Waals surface area (Å²) < 4.78 is 5.44. The van der Waals surface area contributed by atoms with E-state index in [4.69, 9.17) is 21.2 Å². The monoisotopic (exact) mass is 437 g/mol. The highest BCUT2D eigenvalue weighted by Gasteiger charge is 2.42. The van der Waals surface area contributed by atoms with Crippen LogP contribution in [-0.4, -0.2) is 61.2 Å². The average molecular weight is 438 g/mol. The normalized spacial score (nSPS) is 23.7. The van der Waals surface area contributed by atoms with Crippen LogP contribution in [0.4, 0.5) is 11.4 Å². The SMILES string of the molecule is NC1=NC2(CCCCC2)N(c2ccc(N3CCC=C(N4CCOCC4)C3=O)cc2)C(N)=N1. The molecule has 1 aliphatic carbocycles. The molecule has 0 bridgehead atoms. The molecule has 9 nitrogen and oxygen atoms in total. The number of carbonyl (C=O) groups is 1. The van der Waals surface area contributed by atoms with Gasteiger partial charge in [0.25, 0.3) is 5.91 Å². The highest BCUT2D eigenvalue weighted by Crippen LogP contribution is 2.40. The standard InChI is InChI=1S/C23H31N7O2/c24-21-26-22(25)30(23(27-21)10-2-1-3-11-23)18-8-6-17(7-9-18)29-12-4-5-19(20(29)31)28-13-15-32-16-14-28/h5-9H,1-4,10-16H2,(H4,24,25,26,27). The van der Waals surface area contributed by atoms with Crippen LogP contribution in [0.2, 0.25) is 0 Å². The number of nitrogens with zero attached hydrogens (tertiary/aromatic N) is 5. The molecule has 3 aliphatic heterocycles. The van der Waals surface area contributed by atoms with Crippen molar-refractivity contribution in [2.75, 3.05) is 42.6 Å². The smallest absolute Gasteiger partial charge is 0.274 e. The predicted octanol–water partition coefficient (Wildman–Crippen LogP) is 1.75. The van der Waals surface area contributed by atoms with Crippen molar-refractivity contribution in [3.8, 4) is 0 Å². The van der Waals surface area contributed by atoms with Gasteiger partial charge in [0.2, 0.25) is 11.9 Å². The second-order valence-electron chi connectivity index (χ2n) is 8.77. The van der Waals surface area contributed by atoms with Gasteiger partial charge in [-0.1, -0.05) is 12.5 Å². The van der Waals surface area contributed by atoms with Crippen LogP contribution in [-0.2, 0) is 9.53 Å². The Morgan fingerprint density at radius 3 is 2.34 bits per heavy atom. The third-order valence-electron chi connectivity index (χ3n) is 6.78. The van der Waals surface area contributed by atoms with Crippen molar-refractivity contribution < 1.29 is 9.53 Å². The Morgan fingerprint density at radius 2 is 1.62 bits per heavy atom. The van der Waals surface area contributed by atoms with Crippen LogP contribution < -0.4 is 21.3 Å². The van der Waals surface area contributed by atoms with Crippen molar-refractivity contribution in [1.29, 1.82) is 0 Å². The van der Waals surface area contributed by atoms with E-state index in [9.17, 15) is 4.79 Å². The third kappa shape index (κ3) is 3.70. The van der Waals surface area contributed by atoms with E-state index in [1.54, 1.807) is 0 Å². The molecule has 1 amide bonds. The number of anilines is 2. The molecule has 1 spiro atoms. The van der Waals surface area contributed by atoms with Gasteiger partial charge in [-0.2, -0.15) is 4.99 Å². The van der Waals surface area contributed by atoms with Gasteiger partial charge in [-0.25, -0.2) is 4.99 Å². The van der Waals surface area contributed by atoms with E-state index >= 15 is 0 Å². The van der Waals surface area contributed by atoms with Crippen molar-refractivity contribution in [3.05, 3.63) is 36.0 Å². The maximum Gasteiger partial charge on any atom is 0.274 e. The maximum atomic E-state index is 13.2. The van der Waals surface area contributed by atoms with Gasteiger partial charge in [0, 0.05) is 31.0 Å². The van der Waals surface area contributed by atoms with Crippen molar-refractivity contribution in [1.82, 2.24) is 4.90 Å². The fraction of sp³-hybridized carbons (Fsp3) is 0.522. The number of hydrogen-bond donors (Lipinski definition) is 2. The molecule has 0 radical (unpaired) electrons. The second kappa shape index (κ2) is 8.46. The first-order valence-corrected chi connectivity index (χ1v) is 11.5. The summed E-state index contributed by atoms with van der Waals surface area (Å²) in [5, 5.41) is 0. The van der Waals surface area contributed by atoms with E-state index in [-0.39, 0.29) is 11.9 Å². The quantitative estimate of drug-likeness (QED) is 0.745. The molecular weight excluding hydrogens is 406 g/mol. The molecule has 4 aliphatic rings. The molecule has 1 aromatic carbocycles. The number of hydrogen-bond acceptors (Lipinski definition) is 8. The highest BCUT2D eigenvalue weighted by atomic mass is 16.5. The lowest BCUT2D eigenvalue weighted by atomic mass is 9.87. The topological polar surface area (TPSA) is 113 Å². The van der Waals surface area contributed by atoms with Crippen molar-refractivity contribution in [2.45, 2.75) is 44.2 Å². The van der Waals surface area contributed by atoms with Crippen molar-refractivity contribution >= 4 is 29.2 Å². The fourth-order valence-electron chi connectivity index (χ4n) is 5.25. The summed E-state index contributed by atoms with van der Waals surface area (Å²) in [5.74, 6) is 0.670. The molecule has 1 aromatic rings. The summed E-state index contributed by atoms with van der Waals surface area (Å²) in [6, 6.07) is 7.98. The van der Waals surface area contributed by atoms with Crippen LogP contribution >= 0.6 is 0 Å². The van der Waals surface area contributed by atoms with Crippen molar-refractivity contribution in [3.63, 3.8) is 0 Å². The first kappa shape index (κ1) is 20.8. The second-order valence-corrected chi connectivity index (χ2v) is 8.77. The lowest BCUT2D eigenvalue weighted by Crippen LogP contribution is -2.58. The molecule has 0 unspecified atom stereocenters. The Morgan fingerprint density at radius 1 is 0.938 bits per heavy atom. The summed E-state index contributed by atoms with van der Waals surface area (Å²) in [6.07, 6.45) is 8.03. The summed E-state index contributed by atoms with van der Waals surface area (Å²) in [7, 11) is 0. The van der Waals surface area contributed by atoms with Crippen LogP contribution in [0.1, 0.15) is 38.5 Å². The van der Waals surface area contributed by atoms with E-state index in [1.165, 1.54) is 6.42 Å². The Balaban J connectivity index is 1.39. The number of guanidine groups is 2. The Bertz CT molecular complexity index is 957. The number of aliphatic imine (C=N–C) groups is 2. The molecule has 3 heterocycles. The molecule has 5 rings (SSSR count). The lowest BCUT2D eigenvalue weighted by molar-refractivity contribution is -0.117. The Labute approximate surface area is 188 Å². The number of rotatable bonds is 3. The molecule has 1 saturated carbocycles. The zero-order valence-electron chi connectivity index (χ0n) is 18.4. The molecule has 4 N–H and O–H groups in total. The van der Waals surface area contributed by atoms with Gasteiger partial charge in [-0.3, -0.25) is 9.69 Å². The molecular formula is C23H31N7O2. The van der Waals surface area contributed by atoms with Gasteiger partial charge in [0.05, 0.1) is 18.9 Å². The molecule has 0 atom stereocenters. The fourth-order valence-corrected chi connectivity index (χ4v) is 5.25. The van der Waals surface area contributed by atoms with E-state index in [0.29, 0.717) is 25.7 Å². The number of nitrogens with two attached hydrogens (primary N) is 2.